The monoisotopic (exact) mass is 378 g/mol. The molecular formula is C12H10BrCl2FN4. The average molecular weight is 380 g/mol. The molecule has 0 saturated heterocycles. The quantitative estimate of drug-likeness (QED) is 0.744. The molecule has 1 aromatic carbocycles. The standard InChI is InChI=1S/C12H10BrCl2FN4/c1-2-17-12-18-5-7(13)11(20-12)19-6-3-8(14)10(16)9(15)4-6/h3-5H,2H2,1H3,(H2,17,18,19,20). The van der Waals surface area contributed by atoms with Gasteiger partial charge in [0.25, 0.3) is 0 Å². The van der Waals surface area contributed by atoms with Crippen LogP contribution in [0.1, 0.15) is 6.92 Å². The Labute approximate surface area is 133 Å². The van der Waals surface area contributed by atoms with E-state index in [0.29, 0.717) is 28.5 Å². The summed E-state index contributed by atoms with van der Waals surface area (Å²) in [4.78, 5) is 8.38. The Hall–Kier alpha value is -1.11. The molecule has 0 bridgehead atoms. The van der Waals surface area contributed by atoms with E-state index in [1.807, 2.05) is 6.92 Å². The maximum absolute atomic E-state index is 13.4. The first-order chi connectivity index (χ1) is 9.51. The minimum atomic E-state index is -0.644. The highest BCUT2D eigenvalue weighted by Gasteiger charge is 2.10. The van der Waals surface area contributed by atoms with Crippen molar-refractivity contribution in [1.82, 2.24) is 9.97 Å². The van der Waals surface area contributed by atoms with E-state index in [2.05, 4.69) is 36.5 Å². The molecule has 0 fully saturated rings. The minimum absolute atomic E-state index is 0.0583. The lowest BCUT2D eigenvalue weighted by molar-refractivity contribution is 0.629. The highest BCUT2D eigenvalue weighted by Crippen LogP contribution is 2.30. The normalized spacial score (nSPS) is 10.4. The smallest absolute Gasteiger partial charge is 0.224 e. The third-order valence-electron chi connectivity index (χ3n) is 2.33. The zero-order valence-electron chi connectivity index (χ0n) is 10.3. The van der Waals surface area contributed by atoms with Crippen LogP contribution >= 0.6 is 39.1 Å². The molecule has 1 aromatic heterocycles. The minimum Gasteiger partial charge on any atom is -0.354 e. The van der Waals surface area contributed by atoms with E-state index in [1.54, 1.807) is 6.20 Å². The highest BCUT2D eigenvalue weighted by molar-refractivity contribution is 9.10. The van der Waals surface area contributed by atoms with E-state index in [1.165, 1.54) is 12.1 Å². The van der Waals surface area contributed by atoms with Gasteiger partial charge in [-0.2, -0.15) is 4.98 Å². The van der Waals surface area contributed by atoms with E-state index < -0.39 is 5.82 Å². The van der Waals surface area contributed by atoms with Crippen LogP contribution in [0.5, 0.6) is 0 Å². The Morgan fingerprint density at radius 2 is 1.95 bits per heavy atom. The van der Waals surface area contributed by atoms with Crippen LogP contribution in [0.4, 0.5) is 21.8 Å². The SMILES string of the molecule is CCNc1ncc(Br)c(Nc2cc(Cl)c(F)c(Cl)c2)n1. The molecule has 20 heavy (non-hydrogen) atoms. The number of rotatable bonds is 4. The molecule has 2 rings (SSSR count). The predicted octanol–water partition coefficient (Wildman–Crippen LogP) is 4.86. The van der Waals surface area contributed by atoms with Gasteiger partial charge in [-0.15, -0.1) is 0 Å². The van der Waals surface area contributed by atoms with Gasteiger partial charge in [-0.3, -0.25) is 0 Å². The van der Waals surface area contributed by atoms with Crippen LogP contribution < -0.4 is 10.6 Å². The molecule has 0 unspecified atom stereocenters. The van der Waals surface area contributed by atoms with Crippen LogP contribution in [0, 0.1) is 5.82 Å². The van der Waals surface area contributed by atoms with Crippen molar-refractivity contribution in [2.24, 2.45) is 0 Å². The second-order valence-corrected chi connectivity index (χ2v) is 5.47. The van der Waals surface area contributed by atoms with Gasteiger partial charge in [0.15, 0.2) is 5.82 Å². The topological polar surface area (TPSA) is 49.8 Å². The van der Waals surface area contributed by atoms with Gasteiger partial charge >= 0.3 is 0 Å². The summed E-state index contributed by atoms with van der Waals surface area (Å²) >= 11 is 14.8. The van der Waals surface area contributed by atoms with Crippen LogP contribution in [0.15, 0.2) is 22.8 Å². The molecule has 4 nitrogen and oxygen atoms in total. The van der Waals surface area contributed by atoms with E-state index in [4.69, 9.17) is 23.2 Å². The Balaban J connectivity index is 2.32. The van der Waals surface area contributed by atoms with E-state index in [9.17, 15) is 4.39 Å². The van der Waals surface area contributed by atoms with Gasteiger partial charge in [-0.05, 0) is 35.0 Å². The molecule has 8 heteroatoms. The molecule has 0 atom stereocenters. The van der Waals surface area contributed by atoms with Crippen molar-refractivity contribution in [3.05, 3.63) is 38.7 Å². The number of aromatic nitrogens is 2. The lowest BCUT2D eigenvalue weighted by atomic mass is 10.3. The molecule has 0 amide bonds. The number of benzene rings is 1. The molecule has 0 aliphatic heterocycles. The van der Waals surface area contributed by atoms with Crippen molar-refractivity contribution >= 4 is 56.6 Å². The predicted molar refractivity (Wildman–Crippen MR) is 83.6 cm³/mol. The van der Waals surface area contributed by atoms with Crippen LogP contribution in [0.2, 0.25) is 10.0 Å². The van der Waals surface area contributed by atoms with Crippen molar-refractivity contribution in [2.45, 2.75) is 6.92 Å². The third-order valence-corrected chi connectivity index (χ3v) is 3.46. The third kappa shape index (κ3) is 3.50. The Morgan fingerprint density at radius 3 is 2.55 bits per heavy atom. The van der Waals surface area contributed by atoms with Gasteiger partial charge in [0.1, 0.15) is 5.82 Å². The van der Waals surface area contributed by atoms with E-state index >= 15 is 0 Å². The molecule has 1 heterocycles. The lowest BCUT2D eigenvalue weighted by Gasteiger charge is -2.10. The molecular weight excluding hydrogens is 370 g/mol. The number of halogens is 4. The van der Waals surface area contributed by atoms with Crippen molar-refractivity contribution in [3.63, 3.8) is 0 Å². The van der Waals surface area contributed by atoms with Gasteiger partial charge in [0.05, 0.1) is 14.5 Å². The second-order valence-electron chi connectivity index (χ2n) is 3.80. The zero-order valence-corrected chi connectivity index (χ0v) is 13.4. The fourth-order valence-electron chi connectivity index (χ4n) is 1.46. The Bertz CT molecular complexity index is 616. The zero-order chi connectivity index (χ0) is 14.7. The molecule has 2 N–H and O–H groups in total. The summed E-state index contributed by atoms with van der Waals surface area (Å²) in [7, 11) is 0. The molecule has 2 aromatic rings. The fourth-order valence-corrected chi connectivity index (χ4v) is 2.24. The summed E-state index contributed by atoms with van der Waals surface area (Å²) in [5, 5.41) is 5.89. The molecule has 0 spiro atoms. The molecule has 106 valence electrons. The summed E-state index contributed by atoms with van der Waals surface area (Å²) in [6, 6.07) is 2.87. The first-order valence-electron chi connectivity index (χ1n) is 5.69. The van der Waals surface area contributed by atoms with E-state index in [0.717, 1.165) is 0 Å². The van der Waals surface area contributed by atoms with Crippen molar-refractivity contribution < 1.29 is 4.39 Å². The summed E-state index contributed by atoms with van der Waals surface area (Å²) < 4.78 is 14.0. The van der Waals surface area contributed by atoms with E-state index in [-0.39, 0.29) is 10.0 Å². The van der Waals surface area contributed by atoms with Crippen molar-refractivity contribution in [2.75, 3.05) is 17.2 Å². The first-order valence-corrected chi connectivity index (χ1v) is 7.24. The molecule has 0 radical (unpaired) electrons. The number of nitrogens with one attached hydrogen (secondary N) is 2. The summed E-state index contributed by atoms with van der Waals surface area (Å²) in [6.07, 6.45) is 1.61. The first kappa shape index (κ1) is 15.3. The largest absolute Gasteiger partial charge is 0.354 e. The van der Waals surface area contributed by atoms with Crippen LogP contribution in [-0.4, -0.2) is 16.5 Å². The summed E-state index contributed by atoms with van der Waals surface area (Å²) in [5.74, 6) is 0.362. The van der Waals surface area contributed by atoms with Crippen LogP contribution in [0.3, 0.4) is 0 Å². The van der Waals surface area contributed by atoms with Crippen molar-refractivity contribution in [3.8, 4) is 0 Å². The number of hydrogen-bond acceptors (Lipinski definition) is 4. The van der Waals surface area contributed by atoms with Crippen molar-refractivity contribution in [1.29, 1.82) is 0 Å². The lowest BCUT2D eigenvalue weighted by Crippen LogP contribution is -2.04. The Morgan fingerprint density at radius 1 is 1.30 bits per heavy atom. The van der Waals surface area contributed by atoms with Gasteiger partial charge < -0.3 is 10.6 Å². The van der Waals surface area contributed by atoms with Gasteiger partial charge in [0.2, 0.25) is 5.95 Å². The van der Waals surface area contributed by atoms with Gasteiger partial charge in [0, 0.05) is 18.4 Å². The second kappa shape index (κ2) is 6.56. The van der Waals surface area contributed by atoms with Gasteiger partial charge in [-0.1, -0.05) is 23.2 Å². The summed E-state index contributed by atoms with van der Waals surface area (Å²) in [6.45, 7) is 2.65. The van der Waals surface area contributed by atoms with Gasteiger partial charge in [-0.25, -0.2) is 9.37 Å². The molecule has 0 aliphatic carbocycles. The molecule has 0 saturated carbocycles. The average Bonchev–Trinajstić information content (AvgIpc) is 2.40. The number of hydrogen-bond donors (Lipinski definition) is 2. The maximum Gasteiger partial charge on any atom is 0.224 e. The molecule has 0 aliphatic rings. The number of anilines is 3. The number of nitrogens with zero attached hydrogens (tertiary/aromatic N) is 2. The summed E-state index contributed by atoms with van der Waals surface area (Å²) in [5.41, 5.74) is 0.531. The van der Waals surface area contributed by atoms with Crippen LogP contribution in [-0.2, 0) is 0 Å². The highest BCUT2D eigenvalue weighted by atomic mass is 79.9. The Kier molecular flexibility index (Phi) is 5.01. The van der Waals surface area contributed by atoms with Crippen LogP contribution in [0.25, 0.3) is 0 Å². The maximum atomic E-state index is 13.4. The fraction of sp³-hybridized carbons (Fsp3) is 0.167.